The van der Waals surface area contributed by atoms with Gasteiger partial charge in [-0.1, -0.05) is 18.2 Å². The van der Waals surface area contributed by atoms with Crippen molar-refractivity contribution >= 4 is 44.9 Å². The first-order valence-corrected chi connectivity index (χ1v) is 11.6. The highest BCUT2D eigenvalue weighted by Crippen LogP contribution is 2.34. The zero-order valence-electron chi connectivity index (χ0n) is 18.3. The predicted molar refractivity (Wildman–Crippen MR) is 126 cm³/mol. The number of para-hydroxylation sites is 1. The van der Waals surface area contributed by atoms with E-state index in [1.54, 1.807) is 6.92 Å². The molecule has 1 saturated heterocycles. The summed E-state index contributed by atoms with van der Waals surface area (Å²) in [7, 11) is 0. The molecule has 0 radical (unpaired) electrons. The topological polar surface area (TPSA) is 96.4 Å². The summed E-state index contributed by atoms with van der Waals surface area (Å²) in [4.78, 5) is 36.9. The van der Waals surface area contributed by atoms with Gasteiger partial charge in [0.1, 0.15) is 21.9 Å². The molecule has 1 aliphatic heterocycles. The second kappa shape index (κ2) is 10.1. The SMILES string of the molecule is CCOC(=O)c1sc2ncnc(NC3CCN(CC(=O)Nc4ccccc4)CC3)c2c1C. The van der Waals surface area contributed by atoms with Gasteiger partial charge in [-0.25, -0.2) is 14.8 Å². The standard InChI is InChI=1S/C23H27N5O3S/c1-3-31-23(30)20-15(2)19-21(24-14-25-22(19)32-20)27-17-9-11-28(12-10-17)13-18(29)26-16-7-5-4-6-8-16/h4-8,14,17H,3,9-13H2,1-2H3,(H,26,29)(H,24,25,27). The molecule has 1 fully saturated rings. The van der Waals surface area contributed by atoms with Crippen molar-refractivity contribution in [2.24, 2.45) is 0 Å². The average Bonchev–Trinajstić information content (AvgIpc) is 3.13. The lowest BCUT2D eigenvalue weighted by Crippen LogP contribution is -2.42. The molecule has 9 heteroatoms. The van der Waals surface area contributed by atoms with Crippen LogP contribution < -0.4 is 10.6 Å². The lowest BCUT2D eigenvalue weighted by atomic mass is 10.0. The first kappa shape index (κ1) is 22.2. The number of carbonyl (C=O) groups excluding carboxylic acids is 2. The Balaban J connectivity index is 1.36. The molecular formula is C23H27N5O3S. The van der Waals surface area contributed by atoms with Crippen LogP contribution in [0, 0.1) is 6.92 Å². The maximum absolute atomic E-state index is 12.3. The van der Waals surface area contributed by atoms with Gasteiger partial charge in [-0.05, 0) is 44.4 Å². The number of piperidine rings is 1. The molecule has 32 heavy (non-hydrogen) atoms. The number of likely N-dealkylation sites (tertiary alicyclic amines) is 1. The van der Waals surface area contributed by atoms with Crippen LogP contribution in [0.2, 0.25) is 0 Å². The third-order valence-corrected chi connectivity index (χ3v) is 6.72. The number of benzene rings is 1. The van der Waals surface area contributed by atoms with Gasteiger partial charge in [-0.2, -0.15) is 0 Å². The van der Waals surface area contributed by atoms with Crippen molar-refractivity contribution in [3.63, 3.8) is 0 Å². The number of amides is 1. The number of aromatic nitrogens is 2. The van der Waals surface area contributed by atoms with E-state index in [1.165, 1.54) is 17.7 Å². The van der Waals surface area contributed by atoms with Crippen molar-refractivity contribution in [3.8, 4) is 0 Å². The number of ether oxygens (including phenoxy) is 1. The molecule has 2 N–H and O–H groups in total. The van der Waals surface area contributed by atoms with Crippen molar-refractivity contribution < 1.29 is 14.3 Å². The Hall–Kier alpha value is -3.04. The minimum absolute atomic E-state index is 0.000473. The smallest absolute Gasteiger partial charge is 0.348 e. The molecule has 2 aromatic heterocycles. The number of anilines is 2. The number of nitrogens with zero attached hydrogens (tertiary/aromatic N) is 3. The monoisotopic (exact) mass is 453 g/mol. The van der Waals surface area contributed by atoms with Gasteiger partial charge >= 0.3 is 5.97 Å². The van der Waals surface area contributed by atoms with Gasteiger partial charge in [0.25, 0.3) is 0 Å². The number of esters is 1. The number of rotatable bonds is 7. The quantitative estimate of drug-likeness (QED) is 0.527. The van der Waals surface area contributed by atoms with E-state index in [-0.39, 0.29) is 17.9 Å². The Bertz CT molecular complexity index is 1090. The Morgan fingerprint density at radius 3 is 2.66 bits per heavy atom. The van der Waals surface area contributed by atoms with E-state index in [9.17, 15) is 9.59 Å². The van der Waals surface area contributed by atoms with Gasteiger partial charge in [-0.15, -0.1) is 11.3 Å². The number of fused-ring (bicyclic) bond motifs is 1. The molecule has 8 nitrogen and oxygen atoms in total. The van der Waals surface area contributed by atoms with Crippen LogP contribution in [-0.2, 0) is 9.53 Å². The maximum atomic E-state index is 12.3. The Labute approximate surface area is 191 Å². The van der Waals surface area contributed by atoms with Gasteiger partial charge in [0.05, 0.1) is 18.5 Å². The largest absolute Gasteiger partial charge is 0.462 e. The van der Waals surface area contributed by atoms with Crippen LogP contribution in [0.3, 0.4) is 0 Å². The molecule has 0 atom stereocenters. The molecule has 0 unspecified atom stereocenters. The minimum atomic E-state index is -0.318. The van der Waals surface area contributed by atoms with E-state index in [0.717, 1.165) is 53.2 Å². The average molecular weight is 454 g/mol. The highest BCUT2D eigenvalue weighted by Gasteiger charge is 2.24. The summed E-state index contributed by atoms with van der Waals surface area (Å²) in [6.07, 6.45) is 3.33. The summed E-state index contributed by atoms with van der Waals surface area (Å²) in [6.45, 7) is 6.07. The maximum Gasteiger partial charge on any atom is 0.348 e. The van der Waals surface area contributed by atoms with Crippen LogP contribution in [0.15, 0.2) is 36.7 Å². The van der Waals surface area contributed by atoms with Crippen molar-refractivity contribution in [2.75, 3.05) is 36.9 Å². The fourth-order valence-electron chi connectivity index (χ4n) is 3.93. The first-order chi connectivity index (χ1) is 15.5. The van der Waals surface area contributed by atoms with Gasteiger partial charge in [0.2, 0.25) is 5.91 Å². The second-order valence-electron chi connectivity index (χ2n) is 7.79. The van der Waals surface area contributed by atoms with E-state index < -0.39 is 0 Å². The molecule has 1 amide bonds. The predicted octanol–water partition coefficient (Wildman–Crippen LogP) is 3.69. The van der Waals surface area contributed by atoms with Gasteiger partial charge in [0, 0.05) is 24.8 Å². The fourth-order valence-corrected chi connectivity index (χ4v) is 4.97. The highest BCUT2D eigenvalue weighted by molar-refractivity contribution is 7.20. The van der Waals surface area contributed by atoms with Crippen LogP contribution in [0.25, 0.3) is 10.2 Å². The molecule has 0 bridgehead atoms. The molecule has 1 aliphatic rings. The summed E-state index contributed by atoms with van der Waals surface area (Å²) in [5.74, 6) is 0.432. The number of aryl methyl sites for hydroxylation is 1. The number of thiophene rings is 1. The number of nitrogens with one attached hydrogen (secondary N) is 2. The van der Waals surface area contributed by atoms with Crippen molar-refractivity contribution in [3.05, 3.63) is 47.1 Å². The van der Waals surface area contributed by atoms with Gasteiger partial charge in [-0.3, -0.25) is 9.69 Å². The number of carbonyl (C=O) groups is 2. The molecule has 168 valence electrons. The minimum Gasteiger partial charge on any atom is -0.462 e. The molecule has 0 aliphatic carbocycles. The highest BCUT2D eigenvalue weighted by atomic mass is 32.1. The lowest BCUT2D eigenvalue weighted by molar-refractivity contribution is -0.117. The van der Waals surface area contributed by atoms with Gasteiger partial charge in [0.15, 0.2) is 0 Å². The Morgan fingerprint density at radius 2 is 1.94 bits per heavy atom. The van der Waals surface area contributed by atoms with Crippen molar-refractivity contribution in [1.82, 2.24) is 14.9 Å². The van der Waals surface area contributed by atoms with Crippen LogP contribution in [0.5, 0.6) is 0 Å². The fraction of sp³-hybridized carbons (Fsp3) is 0.391. The molecule has 3 aromatic rings. The van der Waals surface area contributed by atoms with Crippen molar-refractivity contribution in [2.45, 2.75) is 32.7 Å². The number of hydrogen-bond donors (Lipinski definition) is 2. The molecule has 4 rings (SSSR count). The van der Waals surface area contributed by atoms with Crippen LogP contribution in [0.1, 0.15) is 35.0 Å². The summed E-state index contributed by atoms with van der Waals surface area (Å²) < 4.78 is 5.17. The third kappa shape index (κ3) is 5.05. The summed E-state index contributed by atoms with van der Waals surface area (Å²) in [6, 6.07) is 9.75. The van der Waals surface area contributed by atoms with E-state index in [1.807, 2.05) is 37.3 Å². The first-order valence-electron chi connectivity index (χ1n) is 10.8. The summed E-state index contributed by atoms with van der Waals surface area (Å²) in [5, 5.41) is 7.36. The Morgan fingerprint density at radius 1 is 1.19 bits per heavy atom. The zero-order chi connectivity index (χ0) is 22.5. The molecule has 1 aromatic carbocycles. The van der Waals surface area contributed by atoms with Crippen molar-refractivity contribution in [1.29, 1.82) is 0 Å². The van der Waals surface area contributed by atoms with Crippen LogP contribution in [-0.4, -0.2) is 59.0 Å². The zero-order valence-corrected chi connectivity index (χ0v) is 19.1. The van der Waals surface area contributed by atoms with E-state index in [2.05, 4.69) is 25.5 Å². The van der Waals surface area contributed by atoms with Gasteiger partial charge < -0.3 is 15.4 Å². The third-order valence-electron chi connectivity index (χ3n) is 5.54. The van der Waals surface area contributed by atoms with E-state index in [0.29, 0.717) is 18.0 Å². The Kier molecular flexibility index (Phi) is 6.96. The molecule has 0 spiro atoms. The molecular weight excluding hydrogens is 426 g/mol. The molecule has 3 heterocycles. The molecule has 0 saturated carbocycles. The number of hydrogen-bond acceptors (Lipinski definition) is 8. The van der Waals surface area contributed by atoms with Crippen LogP contribution >= 0.6 is 11.3 Å². The second-order valence-corrected chi connectivity index (χ2v) is 8.79. The lowest BCUT2D eigenvalue weighted by Gasteiger charge is -2.32. The van der Waals surface area contributed by atoms with E-state index in [4.69, 9.17) is 4.74 Å². The summed E-state index contributed by atoms with van der Waals surface area (Å²) >= 11 is 1.34. The van der Waals surface area contributed by atoms with Crippen LogP contribution in [0.4, 0.5) is 11.5 Å². The summed E-state index contributed by atoms with van der Waals surface area (Å²) in [5.41, 5.74) is 1.66. The normalized spacial score (nSPS) is 14.9. The van der Waals surface area contributed by atoms with E-state index >= 15 is 0 Å².